The molecule has 116 valence electrons. The van der Waals surface area contributed by atoms with Crippen LogP contribution in [0.15, 0.2) is 30.3 Å². The smallest absolute Gasteiger partial charge is 0.229 e. The van der Waals surface area contributed by atoms with Gasteiger partial charge in [-0.05, 0) is 31.9 Å². The van der Waals surface area contributed by atoms with Gasteiger partial charge < -0.3 is 15.4 Å². The SMILES string of the molecule is COc1ccccc1Nc1nc(C)cc(NC2CCCC2)n1. The number of anilines is 3. The minimum Gasteiger partial charge on any atom is -0.495 e. The molecule has 1 saturated carbocycles. The zero-order chi connectivity index (χ0) is 15.4. The van der Waals surface area contributed by atoms with Gasteiger partial charge in [-0.15, -0.1) is 0 Å². The molecule has 1 aromatic heterocycles. The summed E-state index contributed by atoms with van der Waals surface area (Å²) >= 11 is 0. The number of rotatable bonds is 5. The van der Waals surface area contributed by atoms with Crippen LogP contribution in [-0.4, -0.2) is 23.1 Å². The molecule has 0 saturated heterocycles. The molecule has 22 heavy (non-hydrogen) atoms. The number of methoxy groups -OCH3 is 1. The van der Waals surface area contributed by atoms with Gasteiger partial charge in [0.05, 0.1) is 12.8 Å². The van der Waals surface area contributed by atoms with Crippen molar-refractivity contribution >= 4 is 17.5 Å². The summed E-state index contributed by atoms with van der Waals surface area (Å²) in [5.74, 6) is 2.25. The van der Waals surface area contributed by atoms with Crippen molar-refractivity contribution in [1.82, 2.24) is 9.97 Å². The lowest BCUT2D eigenvalue weighted by Crippen LogP contribution is -2.16. The molecule has 0 radical (unpaired) electrons. The molecule has 1 aliphatic rings. The van der Waals surface area contributed by atoms with Crippen LogP contribution in [-0.2, 0) is 0 Å². The molecule has 1 fully saturated rings. The summed E-state index contributed by atoms with van der Waals surface area (Å²) in [6.45, 7) is 1.98. The fourth-order valence-corrected chi connectivity index (χ4v) is 2.85. The zero-order valence-corrected chi connectivity index (χ0v) is 13.1. The van der Waals surface area contributed by atoms with Crippen LogP contribution in [0.2, 0.25) is 0 Å². The summed E-state index contributed by atoms with van der Waals surface area (Å²) in [5.41, 5.74) is 1.80. The Bertz CT molecular complexity index is 638. The van der Waals surface area contributed by atoms with Gasteiger partial charge in [0.25, 0.3) is 0 Å². The molecule has 0 bridgehead atoms. The number of aromatic nitrogens is 2. The van der Waals surface area contributed by atoms with E-state index in [-0.39, 0.29) is 0 Å². The van der Waals surface area contributed by atoms with Crippen LogP contribution in [0.25, 0.3) is 0 Å². The third-order valence-electron chi connectivity index (χ3n) is 3.91. The summed E-state index contributed by atoms with van der Waals surface area (Å²) < 4.78 is 5.35. The number of benzene rings is 1. The van der Waals surface area contributed by atoms with Crippen LogP contribution >= 0.6 is 0 Å². The minimum absolute atomic E-state index is 0.536. The molecule has 2 N–H and O–H groups in total. The van der Waals surface area contributed by atoms with Gasteiger partial charge in [0, 0.05) is 17.8 Å². The van der Waals surface area contributed by atoms with E-state index in [0.29, 0.717) is 12.0 Å². The molecule has 5 nitrogen and oxygen atoms in total. The van der Waals surface area contributed by atoms with Gasteiger partial charge in [-0.3, -0.25) is 0 Å². The Kier molecular flexibility index (Phi) is 4.42. The molecular formula is C17H22N4O. The van der Waals surface area contributed by atoms with E-state index in [0.717, 1.165) is 22.9 Å². The normalized spacial score (nSPS) is 14.8. The van der Waals surface area contributed by atoms with Gasteiger partial charge in [-0.1, -0.05) is 25.0 Å². The maximum atomic E-state index is 5.35. The number of aryl methyl sites for hydroxylation is 1. The summed E-state index contributed by atoms with van der Waals surface area (Å²) in [5, 5.41) is 6.76. The second kappa shape index (κ2) is 6.64. The van der Waals surface area contributed by atoms with E-state index in [9.17, 15) is 0 Å². The van der Waals surface area contributed by atoms with E-state index in [1.807, 2.05) is 37.3 Å². The third kappa shape index (κ3) is 3.47. The van der Waals surface area contributed by atoms with Crippen molar-refractivity contribution in [3.8, 4) is 5.75 Å². The maximum absolute atomic E-state index is 5.35. The first-order valence-corrected chi connectivity index (χ1v) is 7.77. The van der Waals surface area contributed by atoms with Gasteiger partial charge in [-0.2, -0.15) is 4.98 Å². The summed E-state index contributed by atoms with van der Waals surface area (Å²) in [4.78, 5) is 9.04. The van der Waals surface area contributed by atoms with E-state index < -0.39 is 0 Å². The van der Waals surface area contributed by atoms with E-state index in [1.165, 1.54) is 25.7 Å². The molecular weight excluding hydrogens is 276 g/mol. The Morgan fingerprint density at radius 2 is 1.91 bits per heavy atom. The number of ether oxygens (including phenoxy) is 1. The van der Waals surface area contributed by atoms with E-state index in [2.05, 4.69) is 20.6 Å². The predicted molar refractivity (Wildman–Crippen MR) is 88.9 cm³/mol. The maximum Gasteiger partial charge on any atom is 0.229 e. The number of nitrogens with zero attached hydrogens (tertiary/aromatic N) is 2. The topological polar surface area (TPSA) is 59.1 Å². The molecule has 1 aliphatic carbocycles. The van der Waals surface area contributed by atoms with E-state index in [1.54, 1.807) is 7.11 Å². The summed E-state index contributed by atoms with van der Waals surface area (Å²) in [7, 11) is 1.66. The Morgan fingerprint density at radius 3 is 2.68 bits per heavy atom. The first-order valence-electron chi connectivity index (χ1n) is 7.77. The van der Waals surface area contributed by atoms with Crippen molar-refractivity contribution in [2.45, 2.75) is 38.6 Å². The van der Waals surface area contributed by atoms with Gasteiger partial charge >= 0.3 is 0 Å². The summed E-state index contributed by atoms with van der Waals surface area (Å²) in [6, 6.07) is 10.3. The summed E-state index contributed by atoms with van der Waals surface area (Å²) in [6.07, 6.45) is 5.04. The van der Waals surface area contributed by atoms with Gasteiger partial charge in [0.1, 0.15) is 11.6 Å². The van der Waals surface area contributed by atoms with Gasteiger partial charge in [0.2, 0.25) is 5.95 Å². The molecule has 3 rings (SSSR count). The molecule has 1 heterocycles. The Morgan fingerprint density at radius 1 is 1.14 bits per heavy atom. The van der Waals surface area contributed by atoms with E-state index in [4.69, 9.17) is 4.74 Å². The highest BCUT2D eigenvalue weighted by molar-refractivity contribution is 5.63. The van der Waals surface area contributed by atoms with Crippen molar-refractivity contribution in [2.24, 2.45) is 0 Å². The van der Waals surface area contributed by atoms with Crippen LogP contribution < -0.4 is 15.4 Å². The molecule has 0 unspecified atom stereocenters. The van der Waals surface area contributed by atoms with Crippen LogP contribution in [0.3, 0.4) is 0 Å². The molecule has 0 amide bonds. The average molecular weight is 298 g/mol. The third-order valence-corrected chi connectivity index (χ3v) is 3.91. The number of hydrogen-bond acceptors (Lipinski definition) is 5. The standard InChI is InChI=1S/C17H22N4O/c1-12-11-16(19-13-7-3-4-8-13)21-17(18-12)20-14-9-5-6-10-15(14)22-2/h5-6,9-11,13H,3-4,7-8H2,1-2H3,(H2,18,19,20,21). The van der Waals surface area contributed by atoms with Crippen LogP contribution in [0.1, 0.15) is 31.4 Å². The average Bonchev–Trinajstić information content (AvgIpc) is 3.00. The van der Waals surface area contributed by atoms with Crippen molar-refractivity contribution in [3.05, 3.63) is 36.0 Å². The lowest BCUT2D eigenvalue weighted by atomic mass is 10.2. The second-order valence-corrected chi connectivity index (χ2v) is 5.67. The zero-order valence-electron chi connectivity index (χ0n) is 13.1. The highest BCUT2D eigenvalue weighted by Gasteiger charge is 2.15. The first kappa shape index (κ1) is 14.6. The van der Waals surface area contributed by atoms with Crippen molar-refractivity contribution < 1.29 is 4.74 Å². The van der Waals surface area contributed by atoms with Gasteiger partial charge in [-0.25, -0.2) is 4.98 Å². The quantitative estimate of drug-likeness (QED) is 0.877. The highest BCUT2D eigenvalue weighted by atomic mass is 16.5. The monoisotopic (exact) mass is 298 g/mol. The lowest BCUT2D eigenvalue weighted by molar-refractivity contribution is 0.417. The van der Waals surface area contributed by atoms with Crippen LogP contribution in [0, 0.1) is 6.92 Å². The van der Waals surface area contributed by atoms with Crippen molar-refractivity contribution in [3.63, 3.8) is 0 Å². The van der Waals surface area contributed by atoms with Crippen molar-refractivity contribution in [2.75, 3.05) is 17.7 Å². The minimum atomic E-state index is 0.536. The van der Waals surface area contributed by atoms with Crippen LogP contribution in [0.4, 0.5) is 17.5 Å². The first-order chi connectivity index (χ1) is 10.7. The fraction of sp³-hybridized carbons (Fsp3) is 0.412. The number of hydrogen-bond donors (Lipinski definition) is 2. The second-order valence-electron chi connectivity index (χ2n) is 5.67. The molecule has 1 aromatic carbocycles. The Balaban J connectivity index is 1.79. The molecule has 0 spiro atoms. The fourth-order valence-electron chi connectivity index (χ4n) is 2.85. The number of nitrogens with one attached hydrogen (secondary N) is 2. The molecule has 2 aromatic rings. The van der Waals surface area contributed by atoms with Crippen LogP contribution in [0.5, 0.6) is 5.75 Å². The Labute approximate surface area is 131 Å². The van der Waals surface area contributed by atoms with Crippen molar-refractivity contribution in [1.29, 1.82) is 0 Å². The predicted octanol–water partition coefficient (Wildman–Crippen LogP) is 3.89. The molecule has 5 heteroatoms. The molecule has 0 aliphatic heterocycles. The highest BCUT2D eigenvalue weighted by Crippen LogP contribution is 2.27. The number of para-hydroxylation sites is 2. The van der Waals surface area contributed by atoms with Gasteiger partial charge in [0.15, 0.2) is 0 Å². The molecule has 0 atom stereocenters. The largest absolute Gasteiger partial charge is 0.495 e. The van der Waals surface area contributed by atoms with E-state index >= 15 is 0 Å². The Hall–Kier alpha value is -2.30. The lowest BCUT2D eigenvalue weighted by Gasteiger charge is -2.15.